The van der Waals surface area contributed by atoms with Crippen LogP contribution in [-0.4, -0.2) is 43.3 Å². The second-order valence-corrected chi connectivity index (χ2v) is 13.6. The first-order chi connectivity index (χ1) is 25.0. The lowest BCUT2D eigenvalue weighted by Gasteiger charge is -2.06. The summed E-state index contributed by atoms with van der Waals surface area (Å²) in [5.74, 6) is 0.104. The van der Waals surface area contributed by atoms with E-state index in [1.807, 2.05) is 54.6 Å². The molecular weight excluding hydrogens is 685 g/mol. The number of ether oxygens (including phenoxy) is 3. The van der Waals surface area contributed by atoms with Gasteiger partial charge in [-0.1, -0.05) is 80.8 Å². The van der Waals surface area contributed by atoms with Crippen molar-refractivity contribution in [2.45, 2.75) is 70.6 Å². The molecule has 51 heavy (non-hydrogen) atoms. The van der Waals surface area contributed by atoms with Gasteiger partial charge in [-0.25, -0.2) is 14.6 Å². The van der Waals surface area contributed by atoms with Crippen molar-refractivity contribution in [1.29, 1.82) is 0 Å². The van der Waals surface area contributed by atoms with Crippen molar-refractivity contribution in [2.24, 2.45) is 20.5 Å². The monoisotopic (exact) mass is 730 g/mol. The fraction of sp³-hybridized carbons (Fsp3) is 0.395. The predicted octanol–water partition coefficient (Wildman–Crippen LogP) is 11.7. The molecule has 1 N–H and O–H groups in total. The van der Waals surface area contributed by atoms with Crippen molar-refractivity contribution in [3.8, 4) is 5.75 Å². The molecule has 0 amide bonds. The van der Waals surface area contributed by atoms with Gasteiger partial charge < -0.3 is 19.5 Å². The lowest BCUT2D eigenvalue weighted by atomic mass is 10.1. The minimum Gasteiger partial charge on any atom is -0.494 e. The summed E-state index contributed by atoms with van der Waals surface area (Å²) >= 11 is 2.93. The molecule has 0 saturated carbocycles. The van der Waals surface area contributed by atoms with Crippen LogP contribution in [0.4, 0.5) is 27.2 Å². The molecule has 11 nitrogen and oxygen atoms in total. The van der Waals surface area contributed by atoms with Gasteiger partial charge in [-0.3, -0.25) is 0 Å². The fourth-order valence-electron chi connectivity index (χ4n) is 4.82. The lowest BCUT2D eigenvalue weighted by molar-refractivity contribution is -0.138. The first-order valence-corrected chi connectivity index (χ1v) is 19.0. The first-order valence-electron chi connectivity index (χ1n) is 17.4. The van der Waals surface area contributed by atoms with Gasteiger partial charge in [0.15, 0.2) is 0 Å². The highest BCUT2D eigenvalue weighted by Gasteiger charge is 2.09. The molecule has 0 fully saturated rings. The summed E-state index contributed by atoms with van der Waals surface area (Å²) < 4.78 is 16.9. The molecule has 2 heterocycles. The molecular formula is C38H46N6O5S2. The molecule has 0 aliphatic heterocycles. The topological polar surface area (TPSA) is 136 Å². The number of hydrogen-bond acceptors (Lipinski definition) is 13. The first kappa shape index (κ1) is 39.0. The molecule has 0 aliphatic carbocycles. The van der Waals surface area contributed by atoms with Crippen molar-refractivity contribution in [1.82, 2.24) is 4.98 Å². The Morgan fingerprint density at radius 1 is 0.667 bits per heavy atom. The smallest absolute Gasteiger partial charge is 0.330 e. The lowest BCUT2D eigenvalue weighted by Crippen LogP contribution is -2.05. The Kier molecular flexibility index (Phi) is 17.5. The number of thiophene rings is 1. The molecule has 0 spiro atoms. The second-order valence-electron chi connectivity index (χ2n) is 11.6. The normalized spacial score (nSPS) is 11.3. The van der Waals surface area contributed by atoms with Crippen LogP contribution in [0.5, 0.6) is 5.75 Å². The Morgan fingerprint density at radius 2 is 1.22 bits per heavy atom. The zero-order chi connectivity index (χ0) is 35.9. The molecule has 0 radical (unpaired) electrons. The fourth-order valence-corrected chi connectivity index (χ4v) is 6.67. The highest BCUT2D eigenvalue weighted by Crippen LogP contribution is 2.39. The zero-order valence-electron chi connectivity index (χ0n) is 29.0. The number of thiazole rings is 1. The third-order valence-corrected chi connectivity index (χ3v) is 9.49. The number of anilines is 1. The molecule has 0 unspecified atom stereocenters. The number of esters is 2. The largest absolute Gasteiger partial charge is 0.494 e. The van der Waals surface area contributed by atoms with Gasteiger partial charge in [0.1, 0.15) is 15.6 Å². The van der Waals surface area contributed by atoms with Gasteiger partial charge in [0.2, 0.25) is 5.13 Å². The zero-order valence-corrected chi connectivity index (χ0v) is 30.6. The summed E-state index contributed by atoms with van der Waals surface area (Å²) in [4.78, 5) is 27.5. The van der Waals surface area contributed by atoms with Gasteiger partial charge in [0.25, 0.3) is 0 Å². The number of nitrogens with zero attached hydrogens (tertiary/aromatic N) is 5. The molecule has 4 rings (SSSR count). The Morgan fingerprint density at radius 3 is 1.82 bits per heavy atom. The Hall–Kier alpha value is -4.75. The summed E-state index contributed by atoms with van der Waals surface area (Å²) in [7, 11) is 0. The van der Waals surface area contributed by atoms with Crippen LogP contribution in [-0.2, 0) is 19.1 Å². The van der Waals surface area contributed by atoms with Gasteiger partial charge in [-0.2, -0.15) is 0 Å². The number of rotatable bonds is 25. The number of carbonyl (C=O) groups is 2. The van der Waals surface area contributed by atoms with Crippen molar-refractivity contribution >= 4 is 71.3 Å². The quantitative estimate of drug-likeness (QED) is 0.0310. The standard InChI is InChI=1S/C38H46N6O5S2/c1-3-35(45)48-26-14-11-9-7-5-6-8-10-13-25-47-32-22-20-31(21-23-32)41-43-34-28-33-37(51-34)40-38(50-33)44-42-30-18-16-29(17-19-30)39-24-12-15-27-49-36(46)4-2/h3-4,16-23,28,39H,1-2,5-15,24-27H2/b43-41+,44-42+. The van der Waals surface area contributed by atoms with Crippen LogP contribution in [0.25, 0.3) is 9.53 Å². The van der Waals surface area contributed by atoms with E-state index in [-0.39, 0.29) is 5.97 Å². The molecule has 0 aliphatic rings. The molecule has 2 aromatic heterocycles. The number of benzene rings is 2. The summed E-state index contributed by atoms with van der Waals surface area (Å²) in [5.41, 5.74) is 2.48. The van der Waals surface area contributed by atoms with Crippen LogP contribution in [0.15, 0.2) is 100 Å². The summed E-state index contributed by atoms with van der Waals surface area (Å²) in [6.45, 7) is 9.13. The Balaban J connectivity index is 1.07. The van der Waals surface area contributed by atoms with Crippen molar-refractivity contribution < 1.29 is 23.8 Å². The molecule has 0 atom stereocenters. The van der Waals surface area contributed by atoms with Gasteiger partial charge in [0, 0.05) is 24.4 Å². The highest BCUT2D eigenvalue weighted by molar-refractivity contribution is 7.30. The Labute approximate surface area is 307 Å². The van der Waals surface area contributed by atoms with Crippen LogP contribution in [0.1, 0.15) is 70.6 Å². The summed E-state index contributed by atoms with van der Waals surface area (Å²) in [6.07, 6.45) is 14.4. The van der Waals surface area contributed by atoms with Crippen molar-refractivity contribution in [2.75, 3.05) is 31.7 Å². The van der Waals surface area contributed by atoms with E-state index in [1.54, 1.807) is 0 Å². The number of nitrogens with one attached hydrogen (secondary N) is 1. The van der Waals surface area contributed by atoms with E-state index in [2.05, 4.69) is 43.9 Å². The highest BCUT2D eigenvalue weighted by atomic mass is 32.1. The van der Waals surface area contributed by atoms with E-state index in [9.17, 15) is 9.59 Å². The Bertz CT molecular complexity index is 1690. The van der Waals surface area contributed by atoms with E-state index >= 15 is 0 Å². The average molecular weight is 731 g/mol. The molecule has 0 saturated heterocycles. The number of aromatic nitrogens is 1. The van der Waals surface area contributed by atoms with E-state index in [4.69, 9.17) is 14.2 Å². The van der Waals surface area contributed by atoms with Crippen molar-refractivity contribution in [3.05, 3.63) is 79.9 Å². The van der Waals surface area contributed by atoms with Gasteiger partial charge >= 0.3 is 11.9 Å². The van der Waals surface area contributed by atoms with Gasteiger partial charge in [0.05, 0.1) is 35.9 Å². The number of unbranched alkanes of at least 4 members (excludes halogenated alkanes) is 9. The number of carbonyl (C=O) groups excluding carboxylic acids is 2. The van der Waals surface area contributed by atoms with Gasteiger partial charge in [-0.05, 0) is 80.3 Å². The summed E-state index contributed by atoms with van der Waals surface area (Å²) in [6, 6.07) is 17.3. The third kappa shape index (κ3) is 15.4. The number of hydrogen-bond donors (Lipinski definition) is 1. The molecule has 13 heteroatoms. The molecule has 0 bridgehead atoms. The van der Waals surface area contributed by atoms with Crippen LogP contribution in [0.3, 0.4) is 0 Å². The molecule has 2 aromatic carbocycles. The third-order valence-electron chi connectivity index (χ3n) is 7.56. The number of fused-ring (bicyclic) bond motifs is 1. The molecule has 270 valence electrons. The van der Waals surface area contributed by atoms with Crippen LogP contribution in [0, 0.1) is 0 Å². The molecule has 4 aromatic rings. The maximum absolute atomic E-state index is 11.1. The number of azo groups is 2. The SMILES string of the molecule is C=CC(=O)OCCCCCCCCCCCOc1ccc(/N=N/c2cc3sc(/N=N/c4ccc(NCCCCOC(=O)C=C)cc4)nc3s2)cc1. The van der Waals surface area contributed by atoms with Crippen LogP contribution >= 0.6 is 22.7 Å². The van der Waals surface area contributed by atoms with Crippen LogP contribution in [0.2, 0.25) is 0 Å². The van der Waals surface area contributed by atoms with Gasteiger partial charge in [-0.15, -0.1) is 20.5 Å². The maximum atomic E-state index is 11.1. The maximum Gasteiger partial charge on any atom is 0.330 e. The van der Waals surface area contributed by atoms with E-state index in [0.717, 1.165) is 82.4 Å². The second kappa shape index (κ2) is 22.9. The predicted molar refractivity (Wildman–Crippen MR) is 206 cm³/mol. The van der Waals surface area contributed by atoms with Crippen LogP contribution < -0.4 is 10.1 Å². The van der Waals surface area contributed by atoms with E-state index in [0.29, 0.717) is 25.0 Å². The average Bonchev–Trinajstić information content (AvgIpc) is 3.72. The van der Waals surface area contributed by atoms with Crippen molar-refractivity contribution in [3.63, 3.8) is 0 Å². The minimum absolute atomic E-state index is 0.339. The minimum atomic E-state index is -0.390. The van der Waals surface area contributed by atoms with E-state index in [1.165, 1.54) is 66.9 Å². The van der Waals surface area contributed by atoms with E-state index < -0.39 is 5.97 Å². The summed E-state index contributed by atoms with van der Waals surface area (Å²) in [5, 5.41) is 22.1.